The van der Waals surface area contributed by atoms with Crippen molar-refractivity contribution in [2.45, 2.75) is 61.5 Å². The van der Waals surface area contributed by atoms with Crippen molar-refractivity contribution in [2.24, 2.45) is 5.92 Å². The summed E-state index contributed by atoms with van der Waals surface area (Å²) in [6.45, 7) is 1.26. The van der Waals surface area contributed by atoms with Gasteiger partial charge in [-0.1, -0.05) is 49.6 Å². The number of rotatable bonds is 3. The quantitative estimate of drug-likeness (QED) is 0.759. The van der Waals surface area contributed by atoms with Gasteiger partial charge in [0.25, 0.3) is 0 Å². The third-order valence-corrected chi connectivity index (χ3v) is 8.69. The zero-order valence-corrected chi connectivity index (χ0v) is 17.2. The molecule has 2 aliphatic rings. The van der Waals surface area contributed by atoms with Gasteiger partial charge in [0.15, 0.2) is 9.84 Å². The van der Waals surface area contributed by atoms with Gasteiger partial charge in [0.2, 0.25) is 5.91 Å². The maximum atomic E-state index is 13.3. The first-order valence-corrected chi connectivity index (χ1v) is 12.1. The molecule has 1 saturated carbocycles. The van der Waals surface area contributed by atoms with Crippen LogP contribution in [0.5, 0.6) is 0 Å². The minimum Gasteiger partial charge on any atom is -0.342 e. The lowest BCUT2D eigenvalue weighted by atomic mass is 9.88. The van der Waals surface area contributed by atoms with E-state index in [-0.39, 0.29) is 11.8 Å². The Bertz CT molecular complexity index is 947. The molecule has 4 nitrogen and oxygen atoms in total. The molecule has 2 fully saturated rings. The van der Waals surface area contributed by atoms with E-state index in [1.807, 2.05) is 35.2 Å². The molecule has 1 aliphatic carbocycles. The van der Waals surface area contributed by atoms with E-state index < -0.39 is 15.1 Å². The molecular formula is C23H29NO3S. The van der Waals surface area contributed by atoms with Crippen LogP contribution >= 0.6 is 0 Å². The van der Waals surface area contributed by atoms with E-state index in [1.54, 1.807) is 12.1 Å². The minimum absolute atomic E-state index is 0.155. The smallest absolute Gasteiger partial charge is 0.225 e. The third kappa shape index (κ3) is 3.95. The number of carbonyl (C=O) groups excluding carboxylic acids is 1. The van der Waals surface area contributed by atoms with E-state index in [1.165, 1.54) is 6.42 Å². The Morgan fingerprint density at radius 1 is 0.821 bits per heavy atom. The Labute approximate surface area is 167 Å². The summed E-state index contributed by atoms with van der Waals surface area (Å²) < 4.78 is 26.5. The van der Waals surface area contributed by atoms with Gasteiger partial charge in [-0.3, -0.25) is 4.79 Å². The summed E-state index contributed by atoms with van der Waals surface area (Å²) in [5.74, 6) is 0.408. The fraction of sp³-hybridized carbons (Fsp3) is 0.522. The lowest BCUT2D eigenvalue weighted by Crippen LogP contribution is -2.38. The molecule has 1 amide bonds. The van der Waals surface area contributed by atoms with Crippen molar-refractivity contribution in [1.29, 1.82) is 0 Å². The fourth-order valence-electron chi connectivity index (χ4n) is 4.74. The molecule has 2 aromatic rings. The van der Waals surface area contributed by atoms with Crippen molar-refractivity contribution in [3.63, 3.8) is 0 Å². The van der Waals surface area contributed by atoms with Crippen LogP contribution in [-0.2, 0) is 14.6 Å². The SMILES string of the molecule is O=C(C1CCCCC1)N1CCCC(S(=O)(=O)c2ccc3ccccc3c2)CC1. The van der Waals surface area contributed by atoms with E-state index in [2.05, 4.69) is 0 Å². The van der Waals surface area contributed by atoms with Gasteiger partial charge in [0.1, 0.15) is 0 Å². The molecule has 0 bridgehead atoms. The van der Waals surface area contributed by atoms with Gasteiger partial charge in [-0.25, -0.2) is 8.42 Å². The topological polar surface area (TPSA) is 54.5 Å². The van der Waals surface area contributed by atoms with Crippen LogP contribution in [0.3, 0.4) is 0 Å². The maximum absolute atomic E-state index is 13.3. The molecule has 0 aromatic heterocycles. The summed E-state index contributed by atoms with van der Waals surface area (Å²) in [7, 11) is -3.39. The molecule has 4 rings (SSSR count). The van der Waals surface area contributed by atoms with Gasteiger partial charge < -0.3 is 4.90 Å². The van der Waals surface area contributed by atoms with Gasteiger partial charge in [0, 0.05) is 19.0 Å². The molecule has 5 heteroatoms. The summed E-state index contributed by atoms with van der Waals surface area (Å²) in [6.07, 6.45) is 7.43. The summed E-state index contributed by atoms with van der Waals surface area (Å²) >= 11 is 0. The van der Waals surface area contributed by atoms with Crippen molar-refractivity contribution in [2.75, 3.05) is 13.1 Å². The number of hydrogen-bond donors (Lipinski definition) is 0. The summed E-state index contributed by atoms with van der Waals surface area (Å²) in [5.41, 5.74) is 0. The van der Waals surface area contributed by atoms with Crippen LogP contribution in [0.4, 0.5) is 0 Å². The average Bonchev–Trinajstić information content (AvgIpc) is 3.00. The Morgan fingerprint density at radius 2 is 1.57 bits per heavy atom. The average molecular weight is 400 g/mol. The zero-order valence-electron chi connectivity index (χ0n) is 16.3. The molecule has 0 spiro atoms. The van der Waals surface area contributed by atoms with Crippen molar-refractivity contribution >= 4 is 26.5 Å². The Balaban J connectivity index is 1.48. The number of nitrogens with zero attached hydrogens (tertiary/aromatic N) is 1. The highest BCUT2D eigenvalue weighted by molar-refractivity contribution is 7.92. The standard InChI is InChI=1S/C23H29NO3S/c25-23(19-8-2-1-3-9-19)24-15-6-11-21(14-16-24)28(26,27)22-13-12-18-7-4-5-10-20(18)17-22/h4-5,7,10,12-13,17,19,21H,1-3,6,8-9,11,14-16H2. The number of amides is 1. The molecule has 28 heavy (non-hydrogen) atoms. The highest BCUT2D eigenvalue weighted by Gasteiger charge is 2.33. The Kier molecular flexibility index (Phi) is 5.72. The van der Waals surface area contributed by atoms with E-state index in [0.717, 1.165) is 42.9 Å². The lowest BCUT2D eigenvalue weighted by Gasteiger charge is -2.28. The highest BCUT2D eigenvalue weighted by Crippen LogP contribution is 2.30. The largest absolute Gasteiger partial charge is 0.342 e. The monoisotopic (exact) mass is 399 g/mol. The van der Waals surface area contributed by atoms with Gasteiger partial charge in [-0.15, -0.1) is 0 Å². The molecule has 1 atom stereocenters. The molecule has 1 heterocycles. The van der Waals surface area contributed by atoms with Crippen LogP contribution in [0.25, 0.3) is 10.8 Å². The minimum atomic E-state index is -3.39. The molecule has 2 aromatic carbocycles. The number of benzene rings is 2. The predicted octanol–water partition coefficient (Wildman–Crippen LogP) is 4.57. The van der Waals surface area contributed by atoms with Crippen molar-refractivity contribution in [3.05, 3.63) is 42.5 Å². The van der Waals surface area contributed by atoms with Crippen molar-refractivity contribution in [3.8, 4) is 0 Å². The van der Waals surface area contributed by atoms with Crippen LogP contribution in [0.2, 0.25) is 0 Å². The molecule has 0 N–H and O–H groups in total. The Hall–Kier alpha value is -1.88. The third-order valence-electron chi connectivity index (χ3n) is 6.43. The molecule has 150 valence electrons. The second kappa shape index (κ2) is 8.24. The Morgan fingerprint density at radius 3 is 2.36 bits per heavy atom. The second-order valence-electron chi connectivity index (χ2n) is 8.27. The second-order valence-corrected chi connectivity index (χ2v) is 10.5. The van der Waals surface area contributed by atoms with E-state index >= 15 is 0 Å². The summed E-state index contributed by atoms with van der Waals surface area (Å²) in [5, 5.41) is 1.59. The fourth-order valence-corrected chi connectivity index (χ4v) is 6.57. The van der Waals surface area contributed by atoms with E-state index in [0.29, 0.717) is 30.8 Å². The number of carbonyl (C=O) groups is 1. The first-order chi connectivity index (χ1) is 13.6. The number of hydrogen-bond acceptors (Lipinski definition) is 3. The summed E-state index contributed by atoms with van der Waals surface area (Å²) in [6, 6.07) is 13.2. The molecule has 1 unspecified atom stereocenters. The number of fused-ring (bicyclic) bond motifs is 1. The van der Waals surface area contributed by atoms with Crippen LogP contribution in [0, 0.1) is 5.92 Å². The van der Waals surface area contributed by atoms with Gasteiger partial charge >= 0.3 is 0 Å². The van der Waals surface area contributed by atoms with Gasteiger partial charge in [-0.2, -0.15) is 0 Å². The van der Waals surface area contributed by atoms with Gasteiger partial charge in [-0.05, 0) is 55.0 Å². The zero-order chi connectivity index (χ0) is 19.6. The van der Waals surface area contributed by atoms with Crippen LogP contribution < -0.4 is 0 Å². The van der Waals surface area contributed by atoms with Gasteiger partial charge in [0.05, 0.1) is 10.1 Å². The molecule has 1 aliphatic heterocycles. The van der Waals surface area contributed by atoms with E-state index in [4.69, 9.17) is 0 Å². The first kappa shape index (κ1) is 19.4. The number of sulfone groups is 1. The van der Waals surface area contributed by atoms with Crippen LogP contribution in [-0.4, -0.2) is 37.6 Å². The molecular weight excluding hydrogens is 370 g/mol. The molecule has 1 saturated heterocycles. The van der Waals surface area contributed by atoms with Crippen LogP contribution in [0.15, 0.2) is 47.4 Å². The van der Waals surface area contributed by atoms with Crippen molar-refractivity contribution in [1.82, 2.24) is 4.90 Å². The van der Waals surface area contributed by atoms with E-state index in [9.17, 15) is 13.2 Å². The maximum Gasteiger partial charge on any atom is 0.225 e. The first-order valence-electron chi connectivity index (χ1n) is 10.6. The van der Waals surface area contributed by atoms with Crippen LogP contribution in [0.1, 0.15) is 51.4 Å². The predicted molar refractivity (Wildman–Crippen MR) is 112 cm³/mol. The van der Waals surface area contributed by atoms with Crippen molar-refractivity contribution < 1.29 is 13.2 Å². The summed E-state index contributed by atoms with van der Waals surface area (Å²) in [4.78, 5) is 15.2. The molecule has 0 radical (unpaired) electrons. The number of likely N-dealkylation sites (tertiary alicyclic amines) is 1. The normalized spacial score (nSPS) is 22.1. The highest BCUT2D eigenvalue weighted by atomic mass is 32.2. The lowest BCUT2D eigenvalue weighted by molar-refractivity contribution is -0.136.